The molecular formula is C12H11N3O5S. The maximum absolute atomic E-state index is 10.7. The molecule has 2 rings (SSSR count). The predicted molar refractivity (Wildman–Crippen MR) is 74.8 cm³/mol. The summed E-state index contributed by atoms with van der Waals surface area (Å²) in [5.74, 6) is -0.222. The Kier molecular flexibility index (Phi) is 4.53. The highest BCUT2D eigenvalue weighted by molar-refractivity contribution is 7.99. The maximum atomic E-state index is 10.7. The normalized spacial score (nSPS) is 12.0. The Balaban J connectivity index is 2.11. The Hall–Kier alpha value is -2.42. The van der Waals surface area contributed by atoms with Gasteiger partial charge < -0.3 is 9.52 Å². The number of nitrogens with zero attached hydrogens (tertiary/aromatic N) is 3. The average Bonchev–Trinajstić information content (AvgIpc) is 2.93. The zero-order valence-corrected chi connectivity index (χ0v) is 11.7. The van der Waals surface area contributed by atoms with Gasteiger partial charge in [0.2, 0.25) is 11.8 Å². The second-order valence-corrected chi connectivity index (χ2v) is 5.43. The van der Waals surface area contributed by atoms with E-state index in [0.717, 1.165) is 11.8 Å². The lowest BCUT2D eigenvalue weighted by Crippen LogP contribution is -2.11. The second-order valence-electron chi connectivity index (χ2n) is 4.10. The van der Waals surface area contributed by atoms with Crippen LogP contribution in [0.4, 0.5) is 5.69 Å². The molecule has 0 aliphatic heterocycles. The quantitative estimate of drug-likeness (QED) is 0.637. The number of rotatable bonds is 6. The third kappa shape index (κ3) is 3.78. The molecule has 0 aliphatic carbocycles. The fourth-order valence-electron chi connectivity index (χ4n) is 1.45. The summed E-state index contributed by atoms with van der Waals surface area (Å²) in [6.45, 7) is 1.56. The number of benzene rings is 1. The number of carboxylic acid groups (broad SMARTS) is 1. The Labute approximate surface area is 123 Å². The summed E-state index contributed by atoms with van der Waals surface area (Å²) in [4.78, 5) is 20.9. The van der Waals surface area contributed by atoms with Crippen LogP contribution in [0.2, 0.25) is 0 Å². The molecule has 0 amide bonds. The molecular weight excluding hydrogens is 298 g/mol. The van der Waals surface area contributed by atoms with Crippen LogP contribution in [0.5, 0.6) is 0 Å². The van der Waals surface area contributed by atoms with Gasteiger partial charge in [0.25, 0.3) is 5.69 Å². The van der Waals surface area contributed by atoms with Crippen LogP contribution in [0.1, 0.15) is 12.8 Å². The predicted octanol–water partition coefficient (Wildman–Crippen LogP) is 2.35. The summed E-state index contributed by atoms with van der Waals surface area (Å²) in [6.07, 6.45) is 0. The molecule has 0 bridgehead atoms. The molecule has 1 aromatic heterocycles. The van der Waals surface area contributed by atoms with Crippen molar-refractivity contribution in [3.8, 4) is 11.5 Å². The number of carboxylic acids is 1. The Morgan fingerprint density at radius 3 is 2.95 bits per heavy atom. The van der Waals surface area contributed by atoms with Crippen LogP contribution in [0.15, 0.2) is 28.7 Å². The highest BCUT2D eigenvalue weighted by Crippen LogP contribution is 2.24. The summed E-state index contributed by atoms with van der Waals surface area (Å²) >= 11 is 1.15. The lowest BCUT2D eigenvalue weighted by atomic mass is 10.2. The van der Waals surface area contributed by atoms with Crippen LogP contribution >= 0.6 is 11.8 Å². The zero-order valence-electron chi connectivity index (χ0n) is 10.9. The van der Waals surface area contributed by atoms with E-state index in [9.17, 15) is 14.9 Å². The van der Waals surface area contributed by atoms with Gasteiger partial charge in [-0.1, -0.05) is 6.07 Å². The molecule has 110 valence electrons. The van der Waals surface area contributed by atoms with Crippen LogP contribution < -0.4 is 0 Å². The average molecular weight is 309 g/mol. The van der Waals surface area contributed by atoms with E-state index in [2.05, 4.69) is 10.2 Å². The number of carbonyl (C=O) groups is 1. The van der Waals surface area contributed by atoms with E-state index < -0.39 is 16.1 Å². The van der Waals surface area contributed by atoms with Crippen LogP contribution in [0, 0.1) is 10.1 Å². The number of aliphatic carboxylic acids is 1. The first kappa shape index (κ1) is 15.0. The SMILES string of the molecule is C[C@@H](SCc1nnc(-c2cccc([N+](=O)[O-])c2)o1)C(=O)O. The van der Waals surface area contributed by atoms with Gasteiger partial charge in [0.05, 0.1) is 15.9 Å². The number of nitro groups is 1. The van der Waals surface area contributed by atoms with Crippen molar-refractivity contribution in [3.05, 3.63) is 40.3 Å². The summed E-state index contributed by atoms with van der Waals surface area (Å²) in [6, 6.07) is 5.85. The third-order valence-corrected chi connectivity index (χ3v) is 3.69. The van der Waals surface area contributed by atoms with Gasteiger partial charge in [-0.2, -0.15) is 0 Å². The molecule has 0 unspecified atom stereocenters. The molecule has 1 heterocycles. The Morgan fingerprint density at radius 1 is 1.52 bits per heavy atom. The first-order valence-corrected chi connectivity index (χ1v) is 6.94. The largest absolute Gasteiger partial charge is 0.480 e. The Morgan fingerprint density at radius 2 is 2.29 bits per heavy atom. The Bertz CT molecular complexity index is 672. The van der Waals surface area contributed by atoms with Gasteiger partial charge in [0.15, 0.2) is 0 Å². The van der Waals surface area contributed by atoms with Gasteiger partial charge in [-0.15, -0.1) is 22.0 Å². The van der Waals surface area contributed by atoms with Crippen molar-refractivity contribution in [2.45, 2.75) is 17.9 Å². The van der Waals surface area contributed by atoms with Gasteiger partial charge in [0.1, 0.15) is 0 Å². The monoisotopic (exact) mass is 309 g/mol. The van der Waals surface area contributed by atoms with Gasteiger partial charge in [0, 0.05) is 17.7 Å². The van der Waals surface area contributed by atoms with Crippen molar-refractivity contribution in [1.82, 2.24) is 10.2 Å². The highest BCUT2D eigenvalue weighted by atomic mass is 32.2. The number of hydrogen-bond donors (Lipinski definition) is 1. The maximum Gasteiger partial charge on any atom is 0.316 e. The molecule has 1 atom stereocenters. The molecule has 21 heavy (non-hydrogen) atoms. The lowest BCUT2D eigenvalue weighted by Gasteiger charge is -2.02. The topological polar surface area (TPSA) is 119 Å². The molecule has 8 nitrogen and oxygen atoms in total. The lowest BCUT2D eigenvalue weighted by molar-refractivity contribution is -0.384. The molecule has 0 aliphatic rings. The number of non-ortho nitro benzene ring substituents is 1. The summed E-state index contributed by atoms with van der Waals surface area (Å²) in [5, 5.41) is 26.5. The first-order chi connectivity index (χ1) is 9.97. The van der Waals surface area contributed by atoms with E-state index in [1.165, 1.54) is 18.2 Å². The van der Waals surface area contributed by atoms with Crippen molar-refractivity contribution in [2.24, 2.45) is 0 Å². The van der Waals surface area contributed by atoms with E-state index in [1.807, 2.05) is 0 Å². The van der Waals surface area contributed by atoms with Gasteiger partial charge in [-0.3, -0.25) is 14.9 Å². The smallest absolute Gasteiger partial charge is 0.316 e. The van der Waals surface area contributed by atoms with Gasteiger partial charge in [-0.25, -0.2) is 0 Å². The van der Waals surface area contributed by atoms with E-state index in [1.54, 1.807) is 13.0 Å². The molecule has 0 radical (unpaired) electrons. The number of nitro benzene ring substituents is 1. The number of aromatic nitrogens is 2. The summed E-state index contributed by atoms with van der Waals surface area (Å²) < 4.78 is 5.38. The minimum atomic E-state index is -0.918. The van der Waals surface area contributed by atoms with Crippen molar-refractivity contribution in [2.75, 3.05) is 0 Å². The van der Waals surface area contributed by atoms with Crippen LogP contribution in [0.3, 0.4) is 0 Å². The molecule has 1 N–H and O–H groups in total. The third-order valence-electron chi connectivity index (χ3n) is 2.58. The van der Waals surface area contributed by atoms with E-state index in [-0.39, 0.29) is 23.2 Å². The zero-order chi connectivity index (χ0) is 15.4. The van der Waals surface area contributed by atoms with E-state index >= 15 is 0 Å². The van der Waals surface area contributed by atoms with Crippen LogP contribution in [-0.2, 0) is 10.5 Å². The van der Waals surface area contributed by atoms with Crippen molar-refractivity contribution in [3.63, 3.8) is 0 Å². The number of hydrogen-bond acceptors (Lipinski definition) is 7. The van der Waals surface area contributed by atoms with Crippen LogP contribution in [-0.4, -0.2) is 31.4 Å². The highest BCUT2D eigenvalue weighted by Gasteiger charge is 2.15. The molecule has 2 aromatic rings. The molecule has 9 heteroatoms. The number of thioether (sulfide) groups is 1. The van der Waals surface area contributed by atoms with Gasteiger partial charge >= 0.3 is 5.97 Å². The summed E-state index contributed by atoms with van der Waals surface area (Å²) in [5.41, 5.74) is 0.375. The molecule has 1 aromatic carbocycles. The minimum absolute atomic E-state index is 0.0684. The standard InChI is InChI=1S/C12H11N3O5S/c1-7(12(16)17)21-6-10-13-14-11(20-10)8-3-2-4-9(5-8)15(18)19/h2-5,7H,6H2,1H3,(H,16,17)/t7-/m1/s1. The molecule has 0 saturated carbocycles. The van der Waals surface area contributed by atoms with E-state index in [4.69, 9.17) is 9.52 Å². The van der Waals surface area contributed by atoms with E-state index in [0.29, 0.717) is 5.56 Å². The van der Waals surface area contributed by atoms with Crippen LogP contribution in [0.25, 0.3) is 11.5 Å². The van der Waals surface area contributed by atoms with Crippen molar-refractivity contribution < 1.29 is 19.2 Å². The minimum Gasteiger partial charge on any atom is -0.480 e. The summed E-state index contributed by atoms with van der Waals surface area (Å²) in [7, 11) is 0. The molecule has 0 spiro atoms. The second kappa shape index (κ2) is 6.35. The fourth-order valence-corrected chi connectivity index (χ4v) is 2.10. The molecule has 0 saturated heterocycles. The van der Waals surface area contributed by atoms with Crippen molar-refractivity contribution in [1.29, 1.82) is 0 Å². The van der Waals surface area contributed by atoms with Gasteiger partial charge in [-0.05, 0) is 13.0 Å². The molecule has 0 fully saturated rings. The first-order valence-electron chi connectivity index (χ1n) is 5.89. The van der Waals surface area contributed by atoms with Crippen molar-refractivity contribution >= 4 is 23.4 Å². The fraction of sp³-hybridized carbons (Fsp3) is 0.250.